The Morgan fingerprint density at radius 3 is 2.88 bits per heavy atom. The molecular weight excluding hydrogens is 226 g/mol. The molecule has 16 heavy (non-hydrogen) atoms. The Hall–Kier alpha value is -1.76. The smallest absolute Gasteiger partial charge is 0.250 e. The second-order valence-electron chi connectivity index (χ2n) is 2.92. The number of aryl methyl sites for hydroxylation is 1. The fourth-order valence-corrected chi connectivity index (χ4v) is 1.69. The number of aromatic nitrogens is 1. The maximum atomic E-state index is 11.3. The highest BCUT2D eigenvalue weighted by atomic mass is 32.2. The minimum atomic E-state index is -0.130. The summed E-state index contributed by atoms with van der Waals surface area (Å²) in [5.41, 5.74) is 10.2. The quantitative estimate of drug-likeness (QED) is 0.500. The van der Waals surface area contributed by atoms with Crippen LogP contribution in [0.1, 0.15) is 0 Å². The molecule has 0 radical (unpaired) electrons. The van der Waals surface area contributed by atoms with E-state index in [-0.39, 0.29) is 16.7 Å². The average Bonchev–Trinajstić information content (AvgIpc) is 2.19. The molecule has 0 saturated carbocycles. The second kappa shape index (κ2) is 5.96. The van der Waals surface area contributed by atoms with Gasteiger partial charge in [-0.05, 0) is 6.07 Å². The van der Waals surface area contributed by atoms with Crippen LogP contribution >= 0.6 is 11.8 Å². The summed E-state index contributed by atoms with van der Waals surface area (Å²) in [6, 6.07) is 4.97. The Kier molecular flexibility index (Phi) is 4.59. The van der Waals surface area contributed by atoms with Crippen LogP contribution in [-0.2, 0) is 6.54 Å². The van der Waals surface area contributed by atoms with Crippen molar-refractivity contribution in [1.82, 2.24) is 4.57 Å². The first-order valence-corrected chi connectivity index (χ1v) is 5.54. The van der Waals surface area contributed by atoms with Gasteiger partial charge in [-0.3, -0.25) is 10.2 Å². The van der Waals surface area contributed by atoms with Crippen LogP contribution in [0.2, 0.25) is 0 Å². The molecule has 1 aromatic heterocycles. The van der Waals surface area contributed by atoms with Crippen molar-refractivity contribution in [2.24, 2.45) is 16.5 Å². The SMILES string of the molecule is N=C(N=C(N)N)SCCn1ccccc1=O. The highest BCUT2D eigenvalue weighted by Gasteiger charge is 1.98. The normalized spacial score (nSPS) is 9.75. The largest absolute Gasteiger partial charge is 0.370 e. The van der Waals surface area contributed by atoms with E-state index in [1.54, 1.807) is 22.9 Å². The monoisotopic (exact) mass is 239 g/mol. The molecule has 0 aromatic carbocycles. The van der Waals surface area contributed by atoms with Gasteiger partial charge in [0.25, 0.3) is 5.56 Å². The molecule has 0 aliphatic heterocycles. The summed E-state index contributed by atoms with van der Waals surface area (Å²) >= 11 is 1.18. The summed E-state index contributed by atoms with van der Waals surface area (Å²) in [6.45, 7) is 0.521. The first-order chi connectivity index (χ1) is 7.59. The lowest BCUT2D eigenvalue weighted by Crippen LogP contribution is -2.23. The molecule has 1 rings (SSSR count). The van der Waals surface area contributed by atoms with Gasteiger partial charge in [0, 0.05) is 24.6 Å². The van der Waals surface area contributed by atoms with Crippen molar-refractivity contribution in [1.29, 1.82) is 5.41 Å². The zero-order chi connectivity index (χ0) is 12.0. The van der Waals surface area contributed by atoms with Crippen LogP contribution in [-0.4, -0.2) is 21.4 Å². The molecule has 0 spiro atoms. The molecule has 0 unspecified atom stereocenters. The molecular formula is C9H13N5OS. The number of amidine groups is 1. The number of nitrogens with two attached hydrogens (primary N) is 2. The van der Waals surface area contributed by atoms with Crippen molar-refractivity contribution >= 4 is 22.9 Å². The predicted octanol–water partition coefficient (Wildman–Crippen LogP) is -0.210. The van der Waals surface area contributed by atoms with Gasteiger partial charge in [-0.15, -0.1) is 0 Å². The van der Waals surface area contributed by atoms with E-state index in [0.29, 0.717) is 12.3 Å². The lowest BCUT2D eigenvalue weighted by molar-refractivity contribution is 0.736. The summed E-state index contributed by atoms with van der Waals surface area (Å²) in [5, 5.41) is 7.41. The van der Waals surface area contributed by atoms with E-state index in [4.69, 9.17) is 16.9 Å². The molecule has 1 aromatic rings. The summed E-state index contributed by atoms with van der Waals surface area (Å²) in [4.78, 5) is 14.9. The van der Waals surface area contributed by atoms with Gasteiger partial charge >= 0.3 is 0 Å². The number of aliphatic imine (C=N–C) groups is 1. The first-order valence-electron chi connectivity index (χ1n) is 4.56. The minimum absolute atomic E-state index is 0.0454. The van der Waals surface area contributed by atoms with E-state index in [2.05, 4.69) is 4.99 Å². The number of hydrogen-bond donors (Lipinski definition) is 3. The van der Waals surface area contributed by atoms with Gasteiger partial charge in [0.2, 0.25) is 0 Å². The minimum Gasteiger partial charge on any atom is -0.370 e. The zero-order valence-electron chi connectivity index (χ0n) is 8.59. The third-order valence-electron chi connectivity index (χ3n) is 1.70. The van der Waals surface area contributed by atoms with Gasteiger partial charge < -0.3 is 16.0 Å². The number of rotatable bonds is 3. The Balaban J connectivity index is 2.43. The van der Waals surface area contributed by atoms with Gasteiger partial charge in [0.15, 0.2) is 11.1 Å². The van der Waals surface area contributed by atoms with Crippen molar-refractivity contribution in [3.05, 3.63) is 34.7 Å². The van der Waals surface area contributed by atoms with Gasteiger partial charge in [0.05, 0.1) is 0 Å². The van der Waals surface area contributed by atoms with E-state index >= 15 is 0 Å². The van der Waals surface area contributed by atoms with Gasteiger partial charge in [-0.2, -0.15) is 4.99 Å². The first kappa shape index (κ1) is 12.3. The fraction of sp³-hybridized carbons (Fsp3) is 0.222. The number of pyridine rings is 1. The Labute approximate surface area is 96.9 Å². The van der Waals surface area contributed by atoms with Crippen molar-refractivity contribution < 1.29 is 0 Å². The van der Waals surface area contributed by atoms with Crippen LogP contribution < -0.4 is 17.0 Å². The van der Waals surface area contributed by atoms with E-state index in [9.17, 15) is 4.79 Å². The number of thioether (sulfide) groups is 1. The molecule has 0 saturated heterocycles. The standard InChI is InChI=1S/C9H13N5OS/c10-8(11)13-9(12)16-6-5-14-4-2-1-3-7(14)15/h1-4H,5-6H2,(H5,10,11,12,13). The van der Waals surface area contributed by atoms with Crippen molar-refractivity contribution in [3.8, 4) is 0 Å². The summed E-state index contributed by atoms with van der Waals surface area (Å²) in [7, 11) is 0. The van der Waals surface area contributed by atoms with Crippen LogP contribution in [0.4, 0.5) is 0 Å². The topological polar surface area (TPSA) is 110 Å². The molecule has 0 bridgehead atoms. The Morgan fingerprint density at radius 2 is 2.25 bits per heavy atom. The van der Waals surface area contributed by atoms with Crippen LogP contribution in [0.25, 0.3) is 0 Å². The predicted molar refractivity (Wildman–Crippen MR) is 66.7 cm³/mol. The Morgan fingerprint density at radius 1 is 1.50 bits per heavy atom. The van der Waals surface area contributed by atoms with E-state index in [0.717, 1.165) is 0 Å². The highest BCUT2D eigenvalue weighted by Crippen LogP contribution is 2.03. The Bertz CT molecular complexity index is 449. The number of nitrogens with zero attached hydrogens (tertiary/aromatic N) is 2. The molecule has 0 aliphatic rings. The summed E-state index contributed by atoms with van der Waals surface area (Å²) < 4.78 is 1.57. The second-order valence-corrected chi connectivity index (χ2v) is 4.01. The van der Waals surface area contributed by atoms with Crippen molar-refractivity contribution in [2.75, 3.05) is 5.75 Å². The van der Waals surface area contributed by atoms with Gasteiger partial charge in [0.1, 0.15) is 0 Å². The lowest BCUT2D eigenvalue weighted by Gasteiger charge is -2.03. The van der Waals surface area contributed by atoms with Crippen LogP contribution in [0.5, 0.6) is 0 Å². The van der Waals surface area contributed by atoms with E-state index < -0.39 is 0 Å². The number of hydrogen-bond acceptors (Lipinski definition) is 3. The van der Waals surface area contributed by atoms with Crippen LogP contribution in [0.3, 0.4) is 0 Å². The molecule has 6 nitrogen and oxygen atoms in total. The maximum Gasteiger partial charge on any atom is 0.250 e. The van der Waals surface area contributed by atoms with Crippen LogP contribution in [0, 0.1) is 5.41 Å². The number of guanidine groups is 1. The molecule has 86 valence electrons. The lowest BCUT2D eigenvalue weighted by atomic mass is 10.5. The summed E-state index contributed by atoms with van der Waals surface area (Å²) in [6.07, 6.45) is 1.70. The van der Waals surface area contributed by atoms with Crippen molar-refractivity contribution in [2.45, 2.75) is 6.54 Å². The third kappa shape index (κ3) is 4.18. The molecule has 1 heterocycles. The fourth-order valence-electron chi connectivity index (χ4n) is 1.04. The zero-order valence-corrected chi connectivity index (χ0v) is 9.41. The van der Waals surface area contributed by atoms with Gasteiger partial charge in [-0.1, -0.05) is 17.8 Å². The van der Waals surface area contributed by atoms with Crippen LogP contribution in [0.15, 0.2) is 34.2 Å². The molecule has 5 N–H and O–H groups in total. The highest BCUT2D eigenvalue weighted by molar-refractivity contribution is 8.13. The van der Waals surface area contributed by atoms with E-state index in [1.165, 1.54) is 17.8 Å². The van der Waals surface area contributed by atoms with Gasteiger partial charge in [-0.25, -0.2) is 0 Å². The number of nitrogens with one attached hydrogen (secondary N) is 1. The third-order valence-corrected chi connectivity index (χ3v) is 2.45. The summed E-state index contributed by atoms with van der Waals surface area (Å²) in [5.74, 6) is 0.439. The maximum absolute atomic E-state index is 11.3. The molecule has 0 fully saturated rings. The molecule has 7 heteroatoms. The van der Waals surface area contributed by atoms with Crippen molar-refractivity contribution in [3.63, 3.8) is 0 Å². The average molecular weight is 239 g/mol. The van der Waals surface area contributed by atoms with E-state index in [1.807, 2.05) is 0 Å². The molecule has 0 aliphatic carbocycles. The molecule has 0 amide bonds. The molecule has 0 atom stereocenters.